The highest BCUT2D eigenvalue weighted by Crippen LogP contribution is 2.53. The number of para-hydroxylation sites is 1. The Bertz CT molecular complexity index is 2910. The summed E-state index contributed by atoms with van der Waals surface area (Å²) in [6, 6.07) is 66.9. The monoisotopic (exact) mass is 819 g/mol. The Morgan fingerprint density at radius 1 is 0.460 bits per heavy atom. The van der Waals surface area contributed by atoms with E-state index in [2.05, 4.69) is 229 Å². The van der Waals surface area contributed by atoms with Gasteiger partial charge in [-0.1, -0.05) is 200 Å². The van der Waals surface area contributed by atoms with E-state index in [1.54, 1.807) is 0 Å². The first-order chi connectivity index (χ1) is 30.4. The minimum atomic E-state index is -0.245. The zero-order valence-electron chi connectivity index (χ0n) is 38.3. The molecular weight excluding hydrogens is 759 g/mol. The lowest BCUT2D eigenvalue weighted by molar-refractivity contribution is 0.445. The third-order valence-corrected chi connectivity index (χ3v) is 14.4. The van der Waals surface area contributed by atoms with Gasteiger partial charge in [-0.15, -0.1) is 0 Å². The van der Waals surface area contributed by atoms with Crippen LogP contribution in [-0.2, 0) is 16.2 Å². The normalized spacial score (nSPS) is 16.5. The first kappa shape index (κ1) is 40.9. The van der Waals surface area contributed by atoms with Gasteiger partial charge in [0.25, 0.3) is 0 Å². The van der Waals surface area contributed by atoms with E-state index in [1.165, 1.54) is 121 Å². The Balaban J connectivity index is 1.14. The molecular formula is C62H61N. The van der Waals surface area contributed by atoms with Gasteiger partial charge >= 0.3 is 0 Å². The van der Waals surface area contributed by atoms with Crippen molar-refractivity contribution in [3.05, 3.63) is 209 Å². The molecule has 0 bridgehead atoms. The Morgan fingerprint density at radius 2 is 1.05 bits per heavy atom. The molecule has 2 aliphatic carbocycles. The molecule has 1 heteroatoms. The van der Waals surface area contributed by atoms with Gasteiger partial charge in [-0.3, -0.25) is 0 Å². The predicted octanol–water partition coefficient (Wildman–Crippen LogP) is 17.6. The smallest absolute Gasteiger partial charge is 0.0540 e. The second-order valence-corrected chi connectivity index (χ2v) is 20.6. The fourth-order valence-electron chi connectivity index (χ4n) is 10.8. The molecule has 1 nitrogen and oxygen atoms in total. The van der Waals surface area contributed by atoms with Crippen molar-refractivity contribution in [3.63, 3.8) is 0 Å². The van der Waals surface area contributed by atoms with E-state index < -0.39 is 0 Å². The molecule has 8 aromatic carbocycles. The van der Waals surface area contributed by atoms with Crippen molar-refractivity contribution in [1.29, 1.82) is 0 Å². The molecule has 1 fully saturated rings. The van der Waals surface area contributed by atoms with Crippen LogP contribution in [-0.4, -0.2) is 0 Å². The molecule has 1 unspecified atom stereocenters. The number of rotatable bonds is 7. The van der Waals surface area contributed by atoms with Crippen LogP contribution in [0.2, 0.25) is 0 Å². The number of nitrogens with zero attached hydrogens (tertiary/aromatic N) is 1. The number of hydrogen-bond donors (Lipinski definition) is 0. The van der Waals surface area contributed by atoms with Gasteiger partial charge in [0.2, 0.25) is 0 Å². The Labute approximate surface area is 376 Å². The maximum atomic E-state index is 2.54. The molecule has 0 radical (unpaired) electrons. The van der Waals surface area contributed by atoms with E-state index in [0.29, 0.717) is 5.92 Å². The van der Waals surface area contributed by atoms with Crippen LogP contribution in [0.4, 0.5) is 17.1 Å². The van der Waals surface area contributed by atoms with E-state index in [1.807, 2.05) is 0 Å². The van der Waals surface area contributed by atoms with E-state index in [0.717, 1.165) is 5.69 Å². The minimum Gasteiger partial charge on any atom is -0.310 e. The van der Waals surface area contributed by atoms with Crippen molar-refractivity contribution >= 4 is 27.8 Å². The molecule has 0 aliphatic heterocycles. The molecule has 63 heavy (non-hydrogen) atoms. The average molecular weight is 820 g/mol. The van der Waals surface area contributed by atoms with Crippen molar-refractivity contribution in [3.8, 4) is 33.4 Å². The van der Waals surface area contributed by atoms with Crippen molar-refractivity contribution in [2.75, 3.05) is 4.90 Å². The highest BCUT2D eigenvalue weighted by Gasteiger charge is 2.40. The van der Waals surface area contributed by atoms with Gasteiger partial charge in [0.05, 0.1) is 5.69 Å². The van der Waals surface area contributed by atoms with Gasteiger partial charge in [-0.2, -0.15) is 0 Å². The molecule has 10 rings (SSSR count). The third-order valence-electron chi connectivity index (χ3n) is 14.4. The summed E-state index contributed by atoms with van der Waals surface area (Å²) in [5.41, 5.74) is 19.2. The van der Waals surface area contributed by atoms with Crippen LogP contribution >= 0.6 is 0 Å². The summed E-state index contributed by atoms with van der Waals surface area (Å²) in [4.78, 5) is 2.54. The van der Waals surface area contributed by atoms with Crippen LogP contribution in [0.1, 0.15) is 120 Å². The van der Waals surface area contributed by atoms with Crippen molar-refractivity contribution in [2.45, 2.75) is 103 Å². The van der Waals surface area contributed by atoms with E-state index in [9.17, 15) is 0 Å². The van der Waals surface area contributed by atoms with Gasteiger partial charge in [0.15, 0.2) is 0 Å². The molecule has 1 atom stereocenters. The topological polar surface area (TPSA) is 3.24 Å². The van der Waals surface area contributed by atoms with E-state index >= 15 is 0 Å². The lowest BCUT2D eigenvalue weighted by Crippen LogP contribution is -2.22. The number of fused-ring (bicyclic) bond motifs is 4. The molecule has 314 valence electrons. The van der Waals surface area contributed by atoms with Crippen LogP contribution in [0.25, 0.3) is 44.2 Å². The van der Waals surface area contributed by atoms with Gasteiger partial charge in [0, 0.05) is 22.4 Å². The largest absolute Gasteiger partial charge is 0.310 e. The quantitative estimate of drug-likeness (QED) is 0.155. The maximum Gasteiger partial charge on any atom is 0.0540 e. The fraction of sp³-hybridized carbons (Fsp3) is 0.258. The average Bonchev–Trinajstić information content (AvgIpc) is 3.57. The standard InChI is InChI=1S/C62H61N/c1-60(2,3)47-39-48(61(4,5)6)41-50(40-47)63(58-31-17-15-27-54(58)55-29-19-23-44-22-18-28-51(59(44)55)43-20-10-8-11-21-43)49-35-32-42(33-36-49)45-34-37-53-52-26-14-16-30-56(52)62(7,57(53)38-45)46-24-12-9-13-25-46/h9,12-19,22-41,43H,8,10-11,20-21H2,1-7H3. The lowest BCUT2D eigenvalue weighted by atomic mass is 9.74. The van der Waals surface area contributed by atoms with Gasteiger partial charge in [-0.05, 0) is 145 Å². The van der Waals surface area contributed by atoms with Crippen LogP contribution in [0, 0.1) is 0 Å². The zero-order valence-corrected chi connectivity index (χ0v) is 38.3. The van der Waals surface area contributed by atoms with Crippen LogP contribution in [0.3, 0.4) is 0 Å². The Morgan fingerprint density at radius 3 is 1.75 bits per heavy atom. The molecule has 1 saturated carbocycles. The molecule has 0 N–H and O–H groups in total. The predicted molar refractivity (Wildman–Crippen MR) is 270 cm³/mol. The Kier molecular flexibility index (Phi) is 10.3. The molecule has 0 aromatic heterocycles. The summed E-state index contributed by atoms with van der Waals surface area (Å²) >= 11 is 0. The Hall–Kier alpha value is -6.18. The number of anilines is 3. The lowest BCUT2D eigenvalue weighted by Gasteiger charge is -2.32. The molecule has 0 heterocycles. The summed E-state index contributed by atoms with van der Waals surface area (Å²) < 4.78 is 0. The summed E-state index contributed by atoms with van der Waals surface area (Å²) in [6.07, 6.45) is 6.52. The zero-order chi connectivity index (χ0) is 43.5. The van der Waals surface area contributed by atoms with Gasteiger partial charge in [-0.25, -0.2) is 0 Å². The van der Waals surface area contributed by atoms with E-state index in [4.69, 9.17) is 0 Å². The fourth-order valence-corrected chi connectivity index (χ4v) is 10.8. The number of hydrogen-bond acceptors (Lipinski definition) is 1. The first-order valence-corrected chi connectivity index (χ1v) is 23.4. The van der Waals surface area contributed by atoms with Crippen molar-refractivity contribution in [1.82, 2.24) is 0 Å². The molecule has 8 aromatic rings. The first-order valence-electron chi connectivity index (χ1n) is 23.4. The second kappa shape index (κ2) is 15.9. The second-order valence-electron chi connectivity index (χ2n) is 20.6. The highest BCUT2D eigenvalue weighted by atomic mass is 15.1. The van der Waals surface area contributed by atoms with Crippen LogP contribution < -0.4 is 4.90 Å². The van der Waals surface area contributed by atoms with Crippen LogP contribution in [0.5, 0.6) is 0 Å². The third kappa shape index (κ3) is 7.30. The van der Waals surface area contributed by atoms with Gasteiger partial charge in [0.1, 0.15) is 0 Å². The highest BCUT2D eigenvalue weighted by molar-refractivity contribution is 6.03. The van der Waals surface area contributed by atoms with Crippen LogP contribution in [0.15, 0.2) is 176 Å². The number of benzene rings is 8. The summed E-state index contributed by atoms with van der Waals surface area (Å²) in [5.74, 6) is 0.594. The van der Waals surface area contributed by atoms with Gasteiger partial charge < -0.3 is 4.90 Å². The summed E-state index contributed by atoms with van der Waals surface area (Å²) in [6.45, 7) is 16.4. The molecule has 0 saturated heterocycles. The molecule has 0 amide bonds. The molecule has 0 spiro atoms. The van der Waals surface area contributed by atoms with Crippen molar-refractivity contribution < 1.29 is 0 Å². The summed E-state index contributed by atoms with van der Waals surface area (Å²) in [5, 5.41) is 2.74. The SMILES string of the molecule is CC(C)(C)c1cc(N(c2ccc(-c3ccc4c(c3)C(C)(c3ccccc3)c3ccccc3-4)cc2)c2ccccc2-c2cccc3cccc(C4CCCCC4)c23)cc(C(C)(C)C)c1. The van der Waals surface area contributed by atoms with E-state index in [-0.39, 0.29) is 16.2 Å². The maximum absolute atomic E-state index is 2.54. The molecule has 2 aliphatic rings. The van der Waals surface area contributed by atoms with Crippen molar-refractivity contribution in [2.24, 2.45) is 0 Å². The summed E-state index contributed by atoms with van der Waals surface area (Å²) in [7, 11) is 0. The minimum absolute atomic E-state index is 0.0307.